The lowest BCUT2D eigenvalue weighted by Gasteiger charge is -2.16. The van der Waals surface area contributed by atoms with Crippen LogP contribution in [0.25, 0.3) is 0 Å². The van der Waals surface area contributed by atoms with Crippen molar-refractivity contribution in [3.63, 3.8) is 0 Å². The van der Waals surface area contributed by atoms with Crippen molar-refractivity contribution < 1.29 is 1.41 Å². The normalized spacial score (nSPS) is 21.8. The fraction of sp³-hybridized carbons (Fsp3) is 0.222. The maximum Gasteiger partial charge on any atom is 0.123 e. The van der Waals surface area contributed by atoms with Crippen LogP contribution in [0.3, 0.4) is 0 Å². The molecule has 0 amide bonds. The summed E-state index contributed by atoms with van der Waals surface area (Å²) < 4.78 is 8.50. The molecule has 5 heteroatoms. The van der Waals surface area contributed by atoms with Gasteiger partial charge in [-0.3, -0.25) is 10.8 Å². The molecule has 0 saturated carbocycles. The highest BCUT2D eigenvalue weighted by atomic mass is 15.0. The molecule has 2 unspecified atom stereocenters. The number of nitrogens with one attached hydrogen (secondary N) is 3. The van der Waals surface area contributed by atoms with Crippen LogP contribution < -0.4 is 16.8 Å². The number of nitrogens with two attached hydrogens (primary N) is 2. The summed E-state index contributed by atoms with van der Waals surface area (Å²) in [5.74, 6) is 0.110. The second-order valence-corrected chi connectivity index (χ2v) is 5.83. The van der Waals surface area contributed by atoms with Crippen LogP contribution in [0.2, 0.25) is 1.41 Å². The van der Waals surface area contributed by atoms with Crippen molar-refractivity contribution >= 4 is 11.7 Å². The minimum Gasteiger partial charge on any atom is -0.384 e. The molecule has 2 atom stereocenters. The van der Waals surface area contributed by atoms with E-state index in [2.05, 4.69) is 0 Å². The Morgan fingerprint density at radius 1 is 0.826 bits per heavy atom. The summed E-state index contributed by atoms with van der Waals surface area (Å²) in [6.45, 7) is 0. The second-order valence-electron chi connectivity index (χ2n) is 5.83. The Hall–Kier alpha value is -2.66. The molecule has 0 aliphatic carbocycles. The van der Waals surface area contributed by atoms with Crippen LogP contribution in [0.4, 0.5) is 0 Å². The Morgan fingerprint density at radius 3 is 1.48 bits per heavy atom. The number of rotatable bonds is 4. The van der Waals surface area contributed by atoms with Crippen LogP contribution in [0, 0.1) is 10.8 Å². The summed E-state index contributed by atoms with van der Waals surface area (Å²) in [7, 11) is 0. The Morgan fingerprint density at radius 2 is 1.17 bits per heavy atom. The first-order chi connectivity index (χ1) is 11.5. The molecule has 0 spiro atoms. The monoisotopic (exact) mass is 308 g/mol. The molecule has 5 nitrogen and oxygen atoms in total. The van der Waals surface area contributed by atoms with E-state index in [1.165, 1.54) is 0 Å². The summed E-state index contributed by atoms with van der Waals surface area (Å²) in [6, 6.07) is 15.2. The largest absolute Gasteiger partial charge is 0.384 e. The van der Waals surface area contributed by atoms with Gasteiger partial charge in [-0.05, 0) is 24.0 Å². The summed E-state index contributed by atoms with van der Waals surface area (Å²) >= 11 is 0. The van der Waals surface area contributed by atoms with Crippen LogP contribution in [-0.4, -0.2) is 11.7 Å². The molecule has 0 radical (unpaired) electrons. The molecule has 1 fully saturated rings. The fourth-order valence-electron chi connectivity index (χ4n) is 2.96. The number of benzene rings is 2. The number of amidine groups is 2. The van der Waals surface area contributed by atoms with E-state index in [0.29, 0.717) is 11.1 Å². The van der Waals surface area contributed by atoms with Gasteiger partial charge in [0.1, 0.15) is 13.1 Å². The van der Waals surface area contributed by atoms with Crippen molar-refractivity contribution in [2.45, 2.75) is 24.9 Å². The molecule has 2 aromatic carbocycles. The van der Waals surface area contributed by atoms with E-state index in [1.54, 1.807) is 5.31 Å². The van der Waals surface area contributed by atoms with Crippen LogP contribution in [0.1, 0.15) is 47.2 Å². The van der Waals surface area contributed by atoms with Gasteiger partial charge in [-0.25, -0.2) is 0 Å². The van der Waals surface area contributed by atoms with E-state index in [9.17, 15) is 0 Å². The zero-order valence-electron chi connectivity index (χ0n) is 13.8. The van der Waals surface area contributed by atoms with Crippen molar-refractivity contribution in [1.29, 1.82) is 10.8 Å². The lowest BCUT2D eigenvalue weighted by molar-refractivity contribution is 0.574. The Kier molecular flexibility index (Phi) is 3.78. The minimum atomic E-state index is 0.0310. The molecular weight excluding hydrogens is 286 g/mol. The van der Waals surface area contributed by atoms with Gasteiger partial charge in [-0.2, -0.15) is 0 Å². The van der Waals surface area contributed by atoms with Crippen molar-refractivity contribution in [3.8, 4) is 0 Å². The third-order valence-electron chi connectivity index (χ3n) is 4.29. The van der Waals surface area contributed by atoms with Crippen molar-refractivity contribution in [3.05, 3.63) is 70.8 Å². The van der Waals surface area contributed by atoms with E-state index in [0.717, 1.165) is 24.0 Å². The van der Waals surface area contributed by atoms with Gasteiger partial charge < -0.3 is 16.8 Å². The molecule has 1 aliphatic heterocycles. The topological polar surface area (TPSA) is 112 Å². The van der Waals surface area contributed by atoms with Gasteiger partial charge in [0.2, 0.25) is 0 Å². The zero-order valence-corrected chi connectivity index (χ0v) is 12.8. The molecule has 0 aromatic heterocycles. The SMILES string of the molecule is [2H]N1C(c2ccc(C(=N)N)cc2)CCC1c1ccc(C(=N)N)cc1. The van der Waals surface area contributed by atoms with E-state index in [4.69, 9.17) is 23.7 Å². The molecule has 2 aromatic rings. The number of nitrogen functional groups attached to an aromatic ring is 2. The molecule has 1 aliphatic rings. The van der Waals surface area contributed by atoms with Crippen LogP contribution in [0.5, 0.6) is 0 Å². The summed E-state index contributed by atoms with van der Waals surface area (Å²) in [5, 5.41) is 16.6. The minimum absolute atomic E-state index is 0.0310. The number of hydrogen-bond donors (Lipinski definition) is 5. The lowest BCUT2D eigenvalue weighted by Crippen LogP contribution is -2.18. The predicted molar refractivity (Wildman–Crippen MR) is 92.8 cm³/mol. The fourth-order valence-corrected chi connectivity index (χ4v) is 2.96. The molecule has 3 rings (SSSR count). The number of hydrogen-bond acceptors (Lipinski definition) is 3. The van der Waals surface area contributed by atoms with Gasteiger partial charge in [0.05, 0.1) is 0 Å². The van der Waals surface area contributed by atoms with Gasteiger partial charge in [0.25, 0.3) is 0 Å². The summed E-state index contributed by atoms with van der Waals surface area (Å²) in [4.78, 5) is 0. The lowest BCUT2D eigenvalue weighted by atomic mass is 10.0. The Balaban J connectivity index is 1.78. The molecule has 7 N–H and O–H groups in total. The van der Waals surface area contributed by atoms with Gasteiger partial charge in [0, 0.05) is 23.2 Å². The molecule has 23 heavy (non-hydrogen) atoms. The third kappa shape index (κ3) is 3.24. The van der Waals surface area contributed by atoms with Crippen molar-refractivity contribution in [1.82, 2.24) is 5.31 Å². The van der Waals surface area contributed by atoms with Crippen LogP contribution in [0.15, 0.2) is 48.5 Å². The van der Waals surface area contributed by atoms with Gasteiger partial charge in [0.15, 0.2) is 0 Å². The summed E-state index contributed by atoms with van der Waals surface area (Å²) in [5.41, 5.74) is 14.5. The van der Waals surface area contributed by atoms with Gasteiger partial charge in [-0.15, -0.1) is 0 Å². The van der Waals surface area contributed by atoms with E-state index >= 15 is 0 Å². The van der Waals surface area contributed by atoms with E-state index < -0.39 is 0 Å². The van der Waals surface area contributed by atoms with Crippen LogP contribution in [-0.2, 0) is 0 Å². The summed E-state index contributed by atoms with van der Waals surface area (Å²) in [6.07, 6.45) is 1.81. The first-order valence-corrected chi connectivity index (χ1v) is 7.63. The highest BCUT2D eigenvalue weighted by molar-refractivity contribution is 5.95. The first-order valence-electron chi connectivity index (χ1n) is 8.08. The van der Waals surface area contributed by atoms with Crippen molar-refractivity contribution in [2.75, 3.05) is 0 Å². The maximum atomic E-state index is 8.50. The standard InChI is InChI=1S/C18H21N5/c19-17(20)13-5-1-11(2-6-13)15-9-10-16(23-15)12-3-7-14(8-4-12)18(21)22/h1-8,15-16,23H,9-10H2,(H3,19,20)(H3,21,22)/i/hD. The smallest absolute Gasteiger partial charge is 0.123 e. The third-order valence-corrected chi connectivity index (χ3v) is 4.29. The zero-order chi connectivity index (χ0) is 17.3. The Labute approximate surface area is 137 Å². The predicted octanol–water partition coefficient (Wildman–Crippen LogP) is 2.42. The average Bonchev–Trinajstić information content (AvgIpc) is 2.96. The van der Waals surface area contributed by atoms with Gasteiger partial charge >= 0.3 is 0 Å². The Bertz CT molecular complexity index is 688. The molecular formula is C18H21N5. The molecule has 0 bridgehead atoms. The quantitative estimate of drug-likeness (QED) is 0.441. The second kappa shape index (κ2) is 6.22. The van der Waals surface area contributed by atoms with E-state index in [-0.39, 0.29) is 23.8 Å². The van der Waals surface area contributed by atoms with Crippen molar-refractivity contribution in [2.24, 2.45) is 11.5 Å². The maximum absolute atomic E-state index is 8.50. The molecule has 1 saturated heterocycles. The highest BCUT2D eigenvalue weighted by Crippen LogP contribution is 2.34. The average molecular weight is 308 g/mol. The highest BCUT2D eigenvalue weighted by Gasteiger charge is 2.25. The first kappa shape index (κ1) is 14.0. The van der Waals surface area contributed by atoms with Crippen LogP contribution >= 0.6 is 0 Å². The van der Waals surface area contributed by atoms with Gasteiger partial charge in [-0.1, -0.05) is 48.5 Å². The molecule has 118 valence electrons. The van der Waals surface area contributed by atoms with E-state index in [1.807, 2.05) is 48.5 Å². The molecule has 1 heterocycles.